The Balaban J connectivity index is 1.81. The Morgan fingerprint density at radius 1 is 1.22 bits per heavy atom. The molecule has 0 saturated carbocycles. The number of aliphatic hydroxyl groups excluding tert-OH is 1. The van der Waals surface area contributed by atoms with E-state index >= 15 is 0 Å². The summed E-state index contributed by atoms with van der Waals surface area (Å²) in [7, 11) is 0. The minimum Gasteiger partial charge on any atom is -0.396 e. The molecule has 5 nitrogen and oxygen atoms in total. The molecule has 2 heterocycles. The summed E-state index contributed by atoms with van der Waals surface area (Å²) in [5, 5.41) is 16.8. The summed E-state index contributed by atoms with van der Waals surface area (Å²) in [5.74, 6) is 0.624. The Labute approximate surface area is 111 Å². The zero-order valence-electron chi connectivity index (χ0n) is 10.1. The molecule has 2 aromatic heterocycles. The Morgan fingerprint density at radius 2 is 2.06 bits per heavy atom. The van der Waals surface area contributed by atoms with Gasteiger partial charge in [-0.05, 0) is 25.0 Å². The van der Waals surface area contributed by atoms with Crippen LogP contribution in [0.5, 0.6) is 0 Å². The van der Waals surface area contributed by atoms with E-state index in [0.717, 1.165) is 37.9 Å². The molecule has 0 atom stereocenters. The van der Waals surface area contributed by atoms with Gasteiger partial charge in [-0.15, -0.1) is 5.10 Å². The lowest BCUT2D eigenvalue weighted by molar-refractivity contribution is 0.283. The fourth-order valence-corrected chi connectivity index (χ4v) is 1.88. The Kier molecular flexibility index (Phi) is 4.78. The first-order chi connectivity index (χ1) is 8.79. The van der Waals surface area contributed by atoms with Gasteiger partial charge in [-0.1, -0.05) is 24.4 Å². The largest absolute Gasteiger partial charge is 0.396 e. The SMILES string of the molecule is OCCCCCCNc1nc2ccc(Cl)cn2n1. The molecule has 0 spiro atoms. The summed E-state index contributed by atoms with van der Waals surface area (Å²) in [6, 6.07) is 3.63. The third-order valence-electron chi connectivity index (χ3n) is 2.66. The molecule has 98 valence electrons. The highest BCUT2D eigenvalue weighted by Gasteiger charge is 2.02. The first-order valence-corrected chi connectivity index (χ1v) is 6.54. The van der Waals surface area contributed by atoms with E-state index in [1.54, 1.807) is 16.8 Å². The molecule has 0 radical (unpaired) electrons. The summed E-state index contributed by atoms with van der Waals surface area (Å²) < 4.78 is 1.66. The van der Waals surface area contributed by atoms with Crippen LogP contribution in [0.3, 0.4) is 0 Å². The number of hydrogen-bond donors (Lipinski definition) is 2. The average molecular weight is 269 g/mol. The molecule has 2 N–H and O–H groups in total. The van der Waals surface area contributed by atoms with E-state index in [2.05, 4.69) is 15.4 Å². The van der Waals surface area contributed by atoms with E-state index in [1.165, 1.54) is 0 Å². The van der Waals surface area contributed by atoms with Gasteiger partial charge in [0.05, 0.1) is 5.02 Å². The van der Waals surface area contributed by atoms with E-state index in [9.17, 15) is 0 Å². The third-order valence-corrected chi connectivity index (χ3v) is 2.89. The molecule has 0 fully saturated rings. The highest BCUT2D eigenvalue weighted by molar-refractivity contribution is 6.30. The number of unbranched alkanes of at least 4 members (excludes halogenated alkanes) is 3. The van der Waals surface area contributed by atoms with Crippen LogP contribution in [0.25, 0.3) is 5.65 Å². The molecular weight excluding hydrogens is 252 g/mol. The molecule has 6 heteroatoms. The molecule has 0 amide bonds. The van der Waals surface area contributed by atoms with Crippen molar-refractivity contribution < 1.29 is 5.11 Å². The lowest BCUT2D eigenvalue weighted by Crippen LogP contribution is -2.03. The standard InChI is InChI=1S/C12H17ClN4O/c13-10-5-6-11-15-12(16-17(11)9-10)14-7-3-1-2-4-8-18/h5-6,9,18H,1-4,7-8H2,(H,14,16). The van der Waals surface area contributed by atoms with Gasteiger partial charge in [-0.2, -0.15) is 4.98 Å². The highest BCUT2D eigenvalue weighted by atomic mass is 35.5. The van der Waals surface area contributed by atoms with Crippen LogP contribution in [0.15, 0.2) is 18.3 Å². The fourth-order valence-electron chi connectivity index (χ4n) is 1.72. The quantitative estimate of drug-likeness (QED) is 0.757. The number of aromatic nitrogens is 3. The van der Waals surface area contributed by atoms with Crippen LogP contribution in [-0.2, 0) is 0 Å². The topological polar surface area (TPSA) is 62.5 Å². The Bertz CT molecular complexity index is 500. The number of halogens is 1. The number of hydrogen-bond acceptors (Lipinski definition) is 4. The van der Waals surface area contributed by atoms with Crippen molar-refractivity contribution in [2.24, 2.45) is 0 Å². The van der Waals surface area contributed by atoms with E-state index in [0.29, 0.717) is 11.0 Å². The summed E-state index contributed by atoms with van der Waals surface area (Å²) in [5.41, 5.74) is 0.780. The van der Waals surface area contributed by atoms with Gasteiger partial charge in [-0.25, -0.2) is 4.52 Å². The van der Waals surface area contributed by atoms with Crippen LogP contribution < -0.4 is 5.32 Å². The lowest BCUT2D eigenvalue weighted by Gasteiger charge is -2.00. The molecule has 0 unspecified atom stereocenters. The second kappa shape index (κ2) is 6.56. The molecular formula is C12H17ClN4O. The minimum atomic E-state index is 0.280. The molecule has 18 heavy (non-hydrogen) atoms. The van der Waals surface area contributed by atoms with Crippen LogP contribution in [0.4, 0.5) is 5.95 Å². The second-order valence-electron chi connectivity index (χ2n) is 4.15. The van der Waals surface area contributed by atoms with Gasteiger partial charge in [-0.3, -0.25) is 0 Å². The maximum absolute atomic E-state index is 8.65. The smallest absolute Gasteiger partial charge is 0.243 e. The normalized spacial score (nSPS) is 11.0. The van der Waals surface area contributed by atoms with Crippen molar-refractivity contribution in [1.29, 1.82) is 0 Å². The number of nitrogens with zero attached hydrogens (tertiary/aromatic N) is 3. The maximum atomic E-state index is 8.65. The number of fused-ring (bicyclic) bond motifs is 1. The predicted octanol–water partition coefficient (Wildman–Crippen LogP) is 2.35. The Morgan fingerprint density at radius 3 is 2.89 bits per heavy atom. The van der Waals surface area contributed by atoms with Gasteiger partial charge in [0.1, 0.15) is 0 Å². The van der Waals surface area contributed by atoms with Crippen LogP contribution in [0, 0.1) is 0 Å². The maximum Gasteiger partial charge on any atom is 0.243 e. The third kappa shape index (κ3) is 3.58. The van der Waals surface area contributed by atoms with E-state index in [-0.39, 0.29) is 6.61 Å². The van der Waals surface area contributed by atoms with E-state index in [4.69, 9.17) is 16.7 Å². The molecule has 0 aliphatic carbocycles. The summed E-state index contributed by atoms with van der Waals surface area (Å²) >= 11 is 5.87. The number of aliphatic hydroxyl groups is 1. The number of pyridine rings is 1. The second-order valence-corrected chi connectivity index (χ2v) is 4.59. The van der Waals surface area contributed by atoms with Crippen molar-refractivity contribution in [3.05, 3.63) is 23.4 Å². The number of nitrogens with one attached hydrogen (secondary N) is 1. The van der Waals surface area contributed by atoms with Crippen molar-refractivity contribution in [2.45, 2.75) is 25.7 Å². The first kappa shape index (κ1) is 13.1. The van der Waals surface area contributed by atoms with Crippen molar-refractivity contribution in [1.82, 2.24) is 14.6 Å². The highest BCUT2D eigenvalue weighted by Crippen LogP contribution is 2.11. The number of anilines is 1. The van der Waals surface area contributed by atoms with Crippen LogP contribution >= 0.6 is 11.6 Å². The molecule has 2 rings (SSSR count). The molecule has 0 saturated heterocycles. The zero-order valence-corrected chi connectivity index (χ0v) is 10.9. The van der Waals surface area contributed by atoms with Gasteiger partial charge in [0.25, 0.3) is 0 Å². The van der Waals surface area contributed by atoms with Gasteiger partial charge in [0.15, 0.2) is 5.65 Å². The van der Waals surface area contributed by atoms with Gasteiger partial charge in [0.2, 0.25) is 5.95 Å². The van der Waals surface area contributed by atoms with Crippen molar-refractivity contribution in [2.75, 3.05) is 18.5 Å². The summed E-state index contributed by atoms with van der Waals surface area (Å²) in [4.78, 5) is 4.33. The van der Waals surface area contributed by atoms with Crippen molar-refractivity contribution >= 4 is 23.2 Å². The molecule has 0 aromatic carbocycles. The van der Waals surface area contributed by atoms with Crippen LogP contribution in [0.1, 0.15) is 25.7 Å². The van der Waals surface area contributed by atoms with Gasteiger partial charge < -0.3 is 10.4 Å². The Hall–Kier alpha value is -1.33. The predicted molar refractivity (Wildman–Crippen MR) is 72.0 cm³/mol. The fraction of sp³-hybridized carbons (Fsp3) is 0.500. The lowest BCUT2D eigenvalue weighted by atomic mass is 10.2. The van der Waals surface area contributed by atoms with Crippen LogP contribution in [0.2, 0.25) is 5.02 Å². The molecule has 0 bridgehead atoms. The first-order valence-electron chi connectivity index (χ1n) is 6.16. The van der Waals surface area contributed by atoms with Crippen molar-refractivity contribution in [3.63, 3.8) is 0 Å². The molecule has 0 aliphatic rings. The molecule has 0 aliphatic heterocycles. The molecule has 2 aromatic rings. The van der Waals surface area contributed by atoms with Crippen LogP contribution in [-0.4, -0.2) is 32.9 Å². The van der Waals surface area contributed by atoms with Gasteiger partial charge >= 0.3 is 0 Å². The minimum absolute atomic E-state index is 0.280. The van der Waals surface area contributed by atoms with Crippen molar-refractivity contribution in [3.8, 4) is 0 Å². The zero-order chi connectivity index (χ0) is 12.8. The summed E-state index contributed by atoms with van der Waals surface area (Å²) in [6.07, 6.45) is 5.83. The van der Waals surface area contributed by atoms with E-state index in [1.807, 2.05) is 6.07 Å². The average Bonchev–Trinajstić information content (AvgIpc) is 2.75. The monoisotopic (exact) mass is 268 g/mol. The van der Waals surface area contributed by atoms with E-state index < -0.39 is 0 Å². The summed E-state index contributed by atoms with van der Waals surface area (Å²) in [6.45, 7) is 1.12. The van der Waals surface area contributed by atoms with Gasteiger partial charge in [0, 0.05) is 19.3 Å². The number of rotatable bonds is 7.